The highest BCUT2D eigenvalue weighted by atomic mass is 32.1. The number of fused-ring (bicyclic) bond motifs is 1. The van der Waals surface area contributed by atoms with Gasteiger partial charge in [-0.2, -0.15) is 0 Å². The van der Waals surface area contributed by atoms with Gasteiger partial charge in [-0.25, -0.2) is 0 Å². The van der Waals surface area contributed by atoms with Crippen LogP contribution in [0.1, 0.15) is 32.8 Å². The molecule has 0 spiro atoms. The average Bonchev–Trinajstić information content (AvgIpc) is 2.68. The lowest BCUT2D eigenvalue weighted by atomic mass is 9.79. The number of anilines is 1. The fourth-order valence-electron chi connectivity index (χ4n) is 3.63. The van der Waals surface area contributed by atoms with E-state index >= 15 is 0 Å². The van der Waals surface area contributed by atoms with Crippen LogP contribution >= 0.6 is 12.2 Å². The summed E-state index contributed by atoms with van der Waals surface area (Å²) < 4.78 is 5.41. The zero-order valence-corrected chi connectivity index (χ0v) is 17.6. The van der Waals surface area contributed by atoms with E-state index in [0.717, 1.165) is 28.8 Å². The third-order valence-corrected chi connectivity index (χ3v) is 5.17. The Morgan fingerprint density at radius 2 is 1.86 bits per heavy atom. The molecule has 0 fully saturated rings. The minimum atomic E-state index is 0.0556. The lowest BCUT2D eigenvalue weighted by molar-refractivity contribution is 0.418. The molecule has 0 bridgehead atoms. The molecule has 28 heavy (non-hydrogen) atoms. The summed E-state index contributed by atoms with van der Waals surface area (Å²) in [7, 11) is 1.65. The van der Waals surface area contributed by atoms with Crippen molar-refractivity contribution >= 4 is 33.9 Å². The first-order chi connectivity index (χ1) is 13.4. The van der Waals surface area contributed by atoms with Crippen molar-refractivity contribution in [1.29, 1.82) is 0 Å². The topological polar surface area (TPSA) is 46.2 Å². The van der Waals surface area contributed by atoms with Crippen molar-refractivity contribution in [2.24, 2.45) is 0 Å². The van der Waals surface area contributed by atoms with Crippen LogP contribution in [0.15, 0.2) is 60.8 Å². The molecule has 3 aromatic rings. The first kappa shape index (κ1) is 20.1. The molecule has 5 heteroatoms. The largest absolute Gasteiger partial charge is 0.494 e. The van der Waals surface area contributed by atoms with Gasteiger partial charge in [-0.15, -0.1) is 0 Å². The minimum Gasteiger partial charge on any atom is -0.494 e. The maximum absolute atomic E-state index is 5.57. The summed E-state index contributed by atoms with van der Waals surface area (Å²) in [5.74, 6) is 0.748. The molecular formula is C23H27N3OS. The lowest BCUT2D eigenvalue weighted by Crippen LogP contribution is -2.39. The number of nitrogens with one attached hydrogen (secondary N) is 2. The maximum atomic E-state index is 5.57. The number of nitrogens with zero attached hydrogens (tertiary/aromatic N) is 1. The van der Waals surface area contributed by atoms with Crippen LogP contribution in [0.5, 0.6) is 5.75 Å². The summed E-state index contributed by atoms with van der Waals surface area (Å²) in [4.78, 5) is 4.43. The van der Waals surface area contributed by atoms with Crippen LogP contribution in [-0.4, -0.2) is 23.2 Å². The molecule has 3 rings (SSSR count). The minimum absolute atomic E-state index is 0.0556. The van der Waals surface area contributed by atoms with Gasteiger partial charge in [0.15, 0.2) is 5.11 Å². The Labute approximate surface area is 172 Å². The van der Waals surface area contributed by atoms with Crippen molar-refractivity contribution in [3.8, 4) is 5.75 Å². The summed E-state index contributed by atoms with van der Waals surface area (Å²) in [6, 6.07) is 18.6. The molecular weight excluding hydrogens is 366 g/mol. The number of benzene rings is 2. The van der Waals surface area contributed by atoms with Gasteiger partial charge < -0.3 is 15.4 Å². The second-order valence-corrected chi connectivity index (χ2v) is 8.08. The highest BCUT2D eigenvalue weighted by Gasteiger charge is 2.23. The Balaban J connectivity index is 1.68. The molecule has 0 amide bonds. The van der Waals surface area contributed by atoms with Crippen LogP contribution in [0.2, 0.25) is 0 Å². The van der Waals surface area contributed by atoms with Crippen molar-refractivity contribution in [3.63, 3.8) is 0 Å². The van der Waals surface area contributed by atoms with E-state index in [1.165, 1.54) is 5.56 Å². The van der Waals surface area contributed by atoms with Gasteiger partial charge in [0.25, 0.3) is 0 Å². The molecule has 4 nitrogen and oxygen atoms in total. The third-order valence-electron chi connectivity index (χ3n) is 4.95. The van der Waals surface area contributed by atoms with Crippen LogP contribution in [0.4, 0.5) is 5.69 Å². The van der Waals surface area contributed by atoms with Crippen molar-refractivity contribution in [3.05, 3.63) is 66.4 Å². The van der Waals surface area contributed by atoms with Crippen LogP contribution in [0.3, 0.4) is 0 Å². The predicted octanol–water partition coefficient (Wildman–Crippen LogP) is 5.29. The zero-order chi connectivity index (χ0) is 20.1. The summed E-state index contributed by atoms with van der Waals surface area (Å²) in [6.07, 6.45) is 2.72. The summed E-state index contributed by atoms with van der Waals surface area (Å²) in [6.45, 7) is 6.69. The first-order valence-electron chi connectivity index (χ1n) is 9.45. The van der Waals surface area contributed by atoms with Gasteiger partial charge in [-0.05, 0) is 60.8 Å². The molecule has 0 aliphatic heterocycles. The molecule has 2 aromatic carbocycles. The SMILES string of the molecule is COc1ccc(NC(=S)NC(C)CC(C)(C)c2ccccc2)c2cccnc12. The van der Waals surface area contributed by atoms with Gasteiger partial charge in [0.05, 0.1) is 7.11 Å². The highest BCUT2D eigenvalue weighted by Crippen LogP contribution is 2.30. The third kappa shape index (κ3) is 4.60. The van der Waals surface area contributed by atoms with Crippen molar-refractivity contribution in [1.82, 2.24) is 10.3 Å². The Morgan fingerprint density at radius 1 is 1.11 bits per heavy atom. The number of pyridine rings is 1. The second-order valence-electron chi connectivity index (χ2n) is 7.67. The average molecular weight is 394 g/mol. The predicted molar refractivity (Wildman–Crippen MR) is 121 cm³/mol. The number of aromatic nitrogens is 1. The summed E-state index contributed by atoms with van der Waals surface area (Å²) in [5.41, 5.74) is 3.11. The van der Waals surface area contributed by atoms with E-state index in [1.54, 1.807) is 13.3 Å². The molecule has 146 valence electrons. The summed E-state index contributed by atoms with van der Waals surface area (Å²) in [5, 5.41) is 8.31. The van der Waals surface area contributed by atoms with Crippen molar-refractivity contribution < 1.29 is 4.74 Å². The first-order valence-corrected chi connectivity index (χ1v) is 9.86. The normalized spacial score (nSPS) is 12.4. The Bertz CT molecular complexity index is 956. The molecule has 0 aliphatic rings. The van der Waals surface area contributed by atoms with E-state index in [9.17, 15) is 0 Å². The number of thiocarbonyl (C=S) groups is 1. The van der Waals surface area contributed by atoms with Crippen LogP contribution in [0.25, 0.3) is 10.9 Å². The molecule has 2 N–H and O–H groups in total. The van der Waals surface area contributed by atoms with E-state index in [1.807, 2.05) is 30.3 Å². The number of hydrogen-bond donors (Lipinski definition) is 2. The monoisotopic (exact) mass is 393 g/mol. The fraction of sp³-hybridized carbons (Fsp3) is 0.304. The second kappa shape index (κ2) is 8.57. The van der Waals surface area contributed by atoms with Gasteiger partial charge in [0, 0.05) is 23.3 Å². The number of ether oxygens (including phenoxy) is 1. The fourth-order valence-corrected chi connectivity index (χ4v) is 3.94. The van der Waals surface area contributed by atoms with Gasteiger partial charge >= 0.3 is 0 Å². The van der Waals surface area contributed by atoms with Gasteiger partial charge in [-0.3, -0.25) is 4.98 Å². The van der Waals surface area contributed by atoms with Gasteiger partial charge in [0.1, 0.15) is 11.3 Å². The molecule has 0 radical (unpaired) electrons. The quantitative estimate of drug-likeness (QED) is 0.558. The van der Waals surface area contributed by atoms with Gasteiger partial charge in [0.2, 0.25) is 0 Å². The Morgan fingerprint density at radius 3 is 2.57 bits per heavy atom. The van der Waals surface area contributed by atoms with E-state index in [-0.39, 0.29) is 11.5 Å². The lowest BCUT2D eigenvalue weighted by Gasteiger charge is -2.29. The van der Waals surface area contributed by atoms with E-state index in [2.05, 4.69) is 60.7 Å². The number of hydrogen-bond acceptors (Lipinski definition) is 3. The van der Waals surface area contributed by atoms with Gasteiger partial charge in [-0.1, -0.05) is 44.2 Å². The smallest absolute Gasteiger partial charge is 0.171 e. The van der Waals surface area contributed by atoms with Crippen LogP contribution < -0.4 is 15.4 Å². The standard InChI is InChI=1S/C23H27N3OS/c1-16(15-23(2,3)17-9-6-5-7-10-17)25-22(28)26-19-12-13-20(27-4)21-18(19)11-8-14-24-21/h5-14,16H,15H2,1-4H3,(H2,25,26,28). The van der Waals surface area contributed by atoms with Crippen molar-refractivity contribution in [2.75, 3.05) is 12.4 Å². The summed E-state index contributed by atoms with van der Waals surface area (Å²) >= 11 is 5.57. The molecule has 1 aromatic heterocycles. The Kier molecular flexibility index (Phi) is 6.15. The van der Waals surface area contributed by atoms with Crippen LogP contribution in [-0.2, 0) is 5.41 Å². The van der Waals surface area contributed by atoms with Crippen LogP contribution in [0, 0.1) is 0 Å². The maximum Gasteiger partial charge on any atom is 0.171 e. The number of rotatable bonds is 6. The number of methoxy groups -OCH3 is 1. The molecule has 1 unspecified atom stereocenters. The molecule has 0 saturated heterocycles. The van der Waals surface area contributed by atoms with Crippen molar-refractivity contribution in [2.45, 2.75) is 38.6 Å². The Hall–Kier alpha value is -2.66. The highest BCUT2D eigenvalue weighted by molar-refractivity contribution is 7.80. The molecule has 0 aliphatic carbocycles. The van der Waals surface area contributed by atoms with E-state index in [4.69, 9.17) is 17.0 Å². The van der Waals surface area contributed by atoms with E-state index < -0.39 is 0 Å². The van der Waals surface area contributed by atoms with E-state index in [0.29, 0.717) is 5.11 Å². The molecule has 0 saturated carbocycles. The molecule has 1 heterocycles. The zero-order valence-electron chi connectivity index (χ0n) is 16.8. The molecule has 1 atom stereocenters.